The molecule has 6 heteroatoms. The molecule has 122 valence electrons. The van der Waals surface area contributed by atoms with Crippen LogP contribution >= 0.6 is 28.3 Å². The number of anilines is 2. The number of thiazole rings is 1. The molecule has 4 aromatic rings. The first-order valence-corrected chi connectivity index (χ1v) is 8.32. The van der Waals surface area contributed by atoms with Crippen molar-refractivity contribution in [1.82, 2.24) is 14.4 Å². The first-order valence-electron chi connectivity index (χ1n) is 7.44. The van der Waals surface area contributed by atoms with Gasteiger partial charge in [-0.25, -0.2) is 9.97 Å². The van der Waals surface area contributed by atoms with Crippen LogP contribution < -0.4 is 5.32 Å². The Balaban J connectivity index is 0.00000169. The predicted molar refractivity (Wildman–Crippen MR) is 106 cm³/mol. The predicted octanol–water partition coefficient (Wildman–Crippen LogP) is 5.40. The molecule has 0 saturated carbocycles. The summed E-state index contributed by atoms with van der Waals surface area (Å²) < 4.78 is 2.08. The number of aryl methyl sites for hydroxylation is 2. The number of rotatable bonds is 3. The Labute approximate surface area is 155 Å². The Morgan fingerprint density at radius 2 is 1.79 bits per heavy atom. The van der Waals surface area contributed by atoms with Crippen molar-refractivity contribution in [3.8, 4) is 11.4 Å². The maximum Gasteiger partial charge on any atom is 0.187 e. The molecule has 0 atom stereocenters. The quantitative estimate of drug-likeness (QED) is 0.500. The highest BCUT2D eigenvalue weighted by molar-refractivity contribution is 8.93. The fourth-order valence-electron chi connectivity index (χ4n) is 2.62. The summed E-state index contributed by atoms with van der Waals surface area (Å²) in [7, 11) is 0. The van der Waals surface area contributed by atoms with E-state index in [0.717, 1.165) is 33.5 Å². The molecule has 1 aromatic carbocycles. The minimum atomic E-state index is 0. The van der Waals surface area contributed by atoms with Crippen LogP contribution in [0.2, 0.25) is 0 Å². The molecule has 0 aliphatic heterocycles. The maximum absolute atomic E-state index is 4.73. The van der Waals surface area contributed by atoms with Crippen LogP contribution in [-0.4, -0.2) is 14.4 Å². The molecule has 0 bridgehead atoms. The van der Waals surface area contributed by atoms with Crippen molar-refractivity contribution in [3.05, 3.63) is 65.3 Å². The van der Waals surface area contributed by atoms with Gasteiger partial charge in [-0.3, -0.25) is 4.40 Å². The highest BCUT2D eigenvalue weighted by atomic mass is 79.9. The number of pyridine rings is 1. The highest BCUT2D eigenvalue weighted by Crippen LogP contribution is 2.29. The van der Waals surface area contributed by atoms with Crippen molar-refractivity contribution >= 4 is 44.8 Å². The second kappa shape index (κ2) is 6.75. The minimum Gasteiger partial charge on any atom is -0.332 e. The van der Waals surface area contributed by atoms with Crippen LogP contribution in [0.25, 0.3) is 17.0 Å². The first kappa shape index (κ1) is 16.7. The van der Waals surface area contributed by atoms with E-state index in [9.17, 15) is 0 Å². The van der Waals surface area contributed by atoms with Gasteiger partial charge in [-0.2, -0.15) is 0 Å². The van der Waals surface area contributed by atoms with Gasteiger partial charge in [0.1, 0.15) is 11.3 Å². The van der Waals surface area contributed by atoms with E-state index in [2.05, 4.69) is 51.3 Å². The summed E-state index contributed by atoms with van der Waals surface area (Å²) in [6.45, 7) is 4.10. The summed E-state index contributed by atoms with van der Waals surface area (Å²) in [4.78, 5) is 9.33. The topological polar surface area (TPSA) is 42.2 Å². The van der Waals surface area contributed by atoms with E-state index < -0.39 is 0 Å². The first-order chi connectivity index (χ1) is 11.2. The number of nitrogens with one attached hydrogen (secondary N) is 1. The summed E-state index contributed by atoms with van der Waals surface area (Å²) in [6, 6.07) is 14.3. The highest BCUT2D eigenvalue weighted by Gasteiger charge is 2.13. The molecule has 0 unspecified atom stereocenters. The number of fused-ring (bicyclic) bond motifs is 1. The monoisotopic (exact) mass is 400 g/mol. The third kappa shape index (κ3) is 3.07. The lowest BCUT2D eigenvalue weighted by Crippen LogP contribution is -1.91. The normalized spacial score (nSPS) is 10.6. The Hall–Kier alpha value is -2.18. The lowest BCUT2D eigenvalue weighted by Gasteiger charge is -2.02. The third-order valence-electron chi connectivity index (χ3n) is 3.75. The van der Waals surface area contributed by atoms with Crippen LogP contribution in [0.15, 0.2) is 54.0 Å². The molecule has 0 aliphatic rings. The molecular formula is C18H17BrN4S. The number of aromatic nitrogens is 3. The molecule has 3 aromatic heterocycles. The summed E-state index contributed by atoms with van der Waals surface area (Å²) in [6.07, 6.45) is 2.02. The standard InChI is InChI=1S/C18H16N4S.BrH/c1-12-6-8-14(9-7-12)20-18-21-15(11-23-18)17-13(2)19-16-5-3-4-10-22(16)17;/h3-11H,1-2H3,(H,20,21);1H. The van der Waals surface area contributed by atoms with Crippen molar-refractivity contribution in [3.63, 3.8) is 0 Å². The summed E-state index contributed by atoms with van der Waals surface area (Å²) in [5, 5.41) is 6.31. The largest absolute Gasteiger partial charge is 0.332 e. The fraction of sp³-hybridized carbons (Fsp3) is 0.111. The molecule has 4 rings (SSSR count). The van der Waals surface area contributed by atoms with Crippen LogP contribution in [0.3, 0.4) is 0 Å². The molecule has 24 heavy (non-hydrogen) atoms. The van der Waals surface area contributed by atoms with E-state index in [0.29, 0.717) is 0 Å². The zero-order chi connectivity index (χ0) is 15.8. The smallest absolute Gasteiger partial charge is 0.187 e. The summed E-state index contributed by atoms with van der Waals surface area (Å²) >= 11 is 1.60. The molecule has 0 spiro atoms. The molecule has 3 heterocycles. The van der Waals surface area contributed by atoms with Gasteiger partial charge in [-0.1, -0.05) is 23.8 Å². The van der Waals surface area contributed by atoms with Crippen LogP contribution in [-0.2, 0) is 0 Å². The molecule has 1 N–H and O–H groups in total. The van der Waals surface area contributed by atoms with Gasteiger partial charge < -0.3 is 5.32 Å². The van der Waals surface area contributed by atoms with Gasteiger partial charge in [0, 0.05) is 17.3 Å². The van der Waals surface area contributed by atoms with Gasteiger partial charge in [0.15, 0.2) is 5.13 Å². The molecular weight excluding hydrogens is 384 g/mol. The van der Waals surface area contributed by atoms with E-state index in [1.54, 1.807) is 11.3 Å². The number of hydrogen-bond acceptors (Lipinski definition) is 4. The molecule has 0 saturated heterocycles. The number of benzene rings is 1. The van der Waals surface area contributed by atoms with Gasteiger partial charge in [-0.05, 0) is 38.1 Å². The summed E-state index contributed by atoms with van der Waals surface area (Å²) in [5.41, 5.74) is 6.22. The average Bonchev–Trinajstić information content (AvgIpc) is 3.12. The molecule has 0 amide bonds. The Bertz CT molecular complexity index is 972. The van der Waals surface area contributed by atoms with Crippen LogP contribution in [0.4, 0.5) is 10.8 Å². The third-order valence-corrected chi connectivity index (χ3v) is 4.51. The zero-order valence-electron chi connectivity index (χ0n) is 13.4. The molecule has 0 fully saturated rings. The van der Waals surface area contributed by atoms with Gasteiger partial charge in [0.05, 0.1) is 11.4 Å². The van der Waals surface area contributed by atoms with E-state index in [4.69, 9.17) is 4.98 Å². The van der Waals surface area contributed by atoms with Gasteiger partial charge in [0.25, 0.3) is 0 Å². The number of halogens is 1. The minimum absolute atomic E-state index is 0. The molecule has 0 radical (unpaired) electrons. The van der Waals surface area contributed by atoms with Crippen molar-refractivity contribution in [2.24, 2.45) is 0 Å². The Morgan fingerprint density at radius 3 is 2.58 bits per heavy atom. The number of nitrogens with zero attached hydrogens (tertiary/aromatic N) is 3. The Kier molecular flexibility index (Phi) is 4.69. The van der Waals surface area contributed by atoms with Crippen molar-refractivity contribution in [2.75, 3.05) is 5.32 Å². The van der Waals surface area contributed by atoms with E-state index in [-0.39, 0.29) is 17.0 Å². The average molecular weight is 401 g/mol. The molecule has 4 nitrogen and oxygen atoms in total. The van der Waals surface area contributed by atoms with Crippen molar-refractivity contribution < 1.29 is 0 Å². The van der Waals surface area contributed by atoms with Crippen molar-refractivity contribution in [1.29, 1.82) is 0 Å². The second-order valence-corrected chi connectivity index (χ2v) is 6.36. The second-order valence-electron chi connectivity index (χ2n) is 5.50. The zero-order valence-corrected chi connectivity index (χ0v) is 15.9. The maximum atomic E-state index is 4.73. The van der Waals surface area contributed by atoms with Crippen LogP contribution in [0, 0.1) is 13.8 Å². The fourth-order valence-corrected chi connectivity index (χ4v) is 3.34. The number of hydrogen-bond donors (Lipinski definition) is 1. The lowest BCUT2D eigenvalue weighted by atomic mass is 10.2. The lowest BCUT2D eigenvalue weighted by molar-refractivity contribution is 1.17. The van der Waals surface area contributed by atoms with Gasteiger partial charge in [-0.15, -0.1) is 28.3 Å². The van der Waals surface area contributed by atoms with Crippen LogP contribution in [0.5, 0.6) is 0 Å². The summed E-state index contributed by atoms with van der Waals surface area (Å²) in [5.74, 6) is 0. The van der Waals surface area contributed by atoms with Gasteiger partial charge >= 0.3 is 0 Å². The van der Waals surface area contributed by atoms with Gasteiger partial charge in [0.2, 0.25) is 0 Å². The Morgan fingerprint density at radius 1 is 1.00 bits per heavy atom. The molecule has 0 aliphatic carbocycles. The SMILES string of the molecule is Br.Cc1ccc(Nc2nc(-c3c(C)nc4ccccn34)cs2)cc1. The van der Waals surface area contributed by atoms with E-state index in [1.165, 1.54) is 5.56 Å². The van der Waals surface area contributed by atoms with Crippen LogP contribution in [0.1, 0.15) is 11.3 Å². The number of imidazole rings is 1. The van der Waals surface area contributed by atoms with E-state index in [1.807, 2.05) is 31.3 Å². The van der Waals surface area contributed by atoms with Crippen molar-refractivity contribution in [2.45, 2.75) is 13.8 Å². The van der Waals surface area contributed by atoms with E-state index >= 15 is 0 Å².